The molecule has 5 rings (SSSR count). The number of carbonyl (C=O) groups is 1. The number of piperidine rings is 1. The van der Waals surface area contributed by atoms with E-state index in [1.165, 1.54) is 24.0 Å². The van der Waals surface area contributed by atoms with E-state index in [-0.39, 0.29) is 18.1 Å². The van der Waals surface area contributed by atoms with Crippen LogP contribution in [0.25, 0.3) is 0 Å². The minimum atomic E-state index is 0.268. The highest BCUT2D eigenvalue weighted by Gasteiger charge is 2.42. The first kappa shape index (κ1) is 22.3. The van der Waals surface area contributed by atoms with Gasteiger partial charge >= 0.3 is 0 Å². The molecule has 0 radical (unpaired) electrons. The topological polar surface area (TPSA) is 42.0 Å². The average Bonchev–Trinajstić information content (AvgIpc) is 3.45. The predicted octanol–water partition coefficient (Wildman–Crippen LogP) is 4.99. The molecule has 0 bridgehead atoms. The van der Waals surface area contributed by atoms with Crippen LogP contribution in [-0.2, 0) is 17.8 Å². The Hall–Kier alpha value is -2.53. The van der Waals surface area contributed by atoms with Crippen molar-refractivity contribution >= 4 is 5.91 Å². The average molecular weight is 449 g/mol. The summed E-state index contributed by atoms with van der Waals surface area (Å²) in [6.07, 6.45) is 4.90. The molecule has 5 nitrogen and oxygen atoms in total. The lowest BCUT2D eigenvalue weighted by Crippen LogP contribution is -2.45. The van der Waals surface area contributed by atoms with E-state index in [2.05, 4.69) is 47.9 Å². The Bertz CT molecular complexity index is 987. The van der Waals surface area contributed by atoms with Gasteiger partial charge in [-0.2, -0.15) is 0 Å². The summed E-state index contributed by atoms with van der Waals surface area (Å²) in [6, 6.07) is 15.1. The molecule has 176 valence electrons. The van der Waals surface area contributed by atoms with Crippen LogP contribution in [0.3, 0.4) is 0 Å². The van der Waals surface area contributed by atoms with Gasteiger partial charge in [-0.05, 0) is 67.0 Å². The second-order valence-electron chi connectivity index (χ2n) is 10.5. The van der Waals surface area contributed by atoms with Crippen molar-refractivity contribution in [1.82, 2.24) is 9.80 Å². The summed E-state index contributed by atoms with van der Waals surface area (Å²) in [4.78, 5) is 17.7. The van der Waals surface area contributed by atoms with E-state index in [4.69, 9.17) is 9.47 Å². The molecule has 0 N–H and O–H groups in total. The molecule has 5 heteroatoms. The fourth-order valence-corrected chi connectivity index (χ4v) is 5.70. The van der Waals surface area contributed by atoms with Gasteiger partial charge in [0.1, 0.15) is 0 Å². The number of ether oxygens (including phenoxy) is 2. The van der Waals surface area contributed by atoms with E-state index in [1.54, 1.807) is 0 Å². The zero-order chi connectivity index (χ0) is 22.8. The third-order valence-corrected chi connectivity index (χ3v) is 7.65. The summed E-state index contributed by atoms with van der Waals surface area (Å²) in [5.74, 6) is 2.45. The Balaban J connectivity index is 1.14. The molecule has 2 fully saturated rings. The molecule has 2 aromatic carbocycles. The Morgan fingerprint density at radius 1 is 0.970 bits per heavy atom. The van der Waals surface area contributed by atoms with Gasteiger partial charge in [0.25, 0.3) is 0 Å². The van der Waals surface area contributed by atoms with Gasteiger partial charge in [-0.3, -0.25) is 9.69 Å². The summed E-state index contributed by atoms with van der Waals surface area (Å²) >= 11 is 0. The van der Waals surface area contributed by atoms with Crippen LogP contribution >= 0.6 is 0 Å². The molecule has 2 aromatic rings. The van der Waals surface area contributed by atoms with Crippen molar-refractivity contribution in [3.05, 3.63) is 59.2 Å². The zero-order valence-corrected chi connectivity index (χ0v) is 20.0. The molecule has 0 aliphatic carbocycles. The highest BCUT2D eigenvalue weighted by Crippen LogP contribution is 2.40. The normalized spacial score (nSPS) is 22.5. The number of hydrogen-bond acceptors (Lipinski definition) is 4. The number of nitrogens with zero attached hydrogens (tertiary/aromatic N) is 2. The predicted molar refractivity (Wildman–Crippen MR) is 130 cm³/mol. The van der Waals surface area contributed by atoms with Crippen molar-refractivity contribution in [2.45, 2.75) is 58.4 Å². The van der Waals surface area contributed by atoms with Crippen molar-refractivity contribution in [2.24, 2.45) is 5.41 Å². The van der Waals surface area contributed by atoms with Crippen LogP contribution in [-0.4, -0.2) is 48.7 Å². The molecule has 0 unspecified atom stereocenters. The Morgan fingerprint density at radius 2 is 1.76 bits per heavy atom. The van der Waals surface area contributed by atoms with Crippen LogP contribution < -0.4 is 9.47 Å². The second-order valence-corrected chi connectivity index (χ2v) is 10.5. The lowest BCUT2D eigenvalue weighted by atomic mass is 9.79. The highest BCUT2D eigenvalue weighted by molar-refractivity contribution is 5.77. The van der Waals surface area contributed by atoms with Gasteiger partial charge in [0.2, 0.25) is 12.7 Å². The monoisotopic (exact) mass is 448 g/mol. The highest BCUT2D eigenvalue weighted by atomic mass is 16.7. The van der Waals surface area contributed by atoms with Gasteiger partial charge < -0.3 is 14.4 Å². The van der Waals surface area contributed by atoms with E-state index in [1.807, 2.05) is 18.2 Å². The van der Waals surface area contributed by atoms with E-state index in [0.29, 0.717) is 12.3 Å². The SMILES string of the molecule is CC(C)c1ccc(CN2CCC[C@]3(CCN(C(=O)CCc4ccc5c(c4)OCO5)C3)C2)cc1. The maximum Gasteiger partial charge on any atom is 0.231 e. The molecule has 1 atom stereocenters. The third kappa shape index (κ3) is 5.03. The minimum absolute atomic E-state index is 0.268. The van der Waals surface area contributed by atoms with Crippen LogP contribution in [0.2, 0.25) is 0 Å². The number of fused-ring (bicyclic) bond motifs is 1. The fraction of sp³-hybridized carbons (Fsp3) is 0.536. The van der Waals surface area contributed by atoms with Crippen LogP contribution in [0.1, 0.15) is 62.1 Å². The lowest BCUT2D eigenvalue weighted by Gasteiger charge is -2.40. The molecule has 1 spiro atoms. The first-order valence-electron chi connectivity index (χ1n) is 12.5. The maximum absolute atomic E-state index is 13.0. The van der Waals surface area contributed by atoms with Crippen molar-refractivity contribution in [1.29, 1.82) is 0 Å². The summed E-state index contributed by atoms with van der Waals surface area (Å²) < 4.78 is 10.9. The molecule has 3 aliphatic rings. The van der Waals surface area contributed by atoms with E-state index in [9.17, 15) is 4.79 Å². The third-order valence-electron chi connectivity index (χ3n) is 7.65. The quantitative estimate of drug-likeness (QED) is 0.625. The molecule has 3 aliphatic heterocycles. The molecule has 0 saturated carbocycles. The van der Waals surface area contributed by atoms with Gasteiger partial charge in [0.15, 0.2) is 11.5 Å². The minimum Gasteiger partial charge on any atom is -0.454 e. The number of hydrogen-bond donors (Lipinski definition) is 0. The van der Waals surface area contributed by atoms with Gasteiger partial charge in [-0.25, -0.2) is 0 Å². The van der Waals surface area contributed by atoms with Crippen molar-refractivity contribution in [3.8, 4) is 11.5 Å². The number of aryl methyl sites for hydroxylation is 1. The van der Waals surface area contributed by atoms with Crippen LogP contribution in [0.4, 0.5) is 0 Å². The maximum atomic E-state index is 13.0. The van der Waals surface area contributed by atoms with Gasteiger partial charge in [0.05, 0.1) is 0 Å². The van der Waals surface area contributed by atoms with Crippen LogP contribution in [0, 0.1) is 5.41 Å². The molecule has 3 heterocycles. The van der Waals surface area contributed by atoms with Crippen LogP contribution in [0.15, 0.2) is 42.5 Å². The van der Waals surface area contributed by atoms with Crippen molar-refractivity contribution in [2.75, 3.05) is 33.0 Å². The molecular weight excluding hydrogens is 412 g/mol. The Morgan fingerprint density at radius 3 is 2.58 bits per heavy atom. The molecule has 33 heavy (non-hydrogen) atoms. The molecule has 2 saturated heterocycles. The summed E-state index contributed by atoms with van der Waals surface area (Å²) in [5, 5.41) is 0. The zero-order valence-electron chi connectivity index (χ0n) is 20.0. The van der Waals surface area contributed by atoms with Crippen LogP contribution in [0.5, 0.6) is 11.5 Å². The molecule has 0 aromatic heterocycles. The fourth-order valence-electron chi connectivity index (χ4n) is 5.70. The standard InChI is InChI=1S/C28H36N2O3/c1-21(2)24-8-4-23(5-9-24)17-29-14-3-12-28(18-29)13-15-30(19-28)27(31)11-7-22-6-10-25-26(16-22)33-20-32-25/h4-6,8-10,16,21H,3,7,11-15,17-20H2,1-2H3/t28-/m0/s1. The van der Waals surface area contributed by atoms with Crippen molar-refractivity contribution < 1.29 is 14.3 Å². The van der Waals surface area contributed by atoms with E-state index >= 15 is 0 Å². The first-order valence-corrected chi connectivity index (χ1v) is 12.5. The largest absolute Gasteiger partial charge is 0.454 e. The van der Waals surface area contributed by atoms with Crippen molar-refractivity contribution in [3.63, 3.8) is 0 Å². The second kappa shape index (κ2) is 9.38. The lowest BCUT2D eigenvalue weighted by molar-refractivity contribution is -0.130. The molecule has 1 amide bonds. The van der Waals surface area contributed by atoms with E-state index in [0.717, 1.165) is 62.6 Å². The summed E-state index contributed by atoms with van der Waals surface area (Å²) in [6.45, 7) is 9.85. The van der Waals surface area contributed by atoms with Gasteiger partial charge in [-0.1, -0.05) is 44.2 Å². The number of amides is 1. The molecular formula is C28H36N2O3. The first-order chi connectivity index (χ1) is 16.0. The van der Waals surface area contributed by atoms with Gasteiger partial charge in [-0.15, -0.1) is 0 Å². The number of benzene rings is 2. The summed E-state index contributed by atoms with van der Waals surface area (Å²) in [7, 11) is 0. The Kier molecular flexibility index (Phi) is 6.33. The Labute approximate surface area is 197 Å². The number of carbonyl (C=O) groups excluding carboxylic acids is 1. The number of likely N-dealkylation sites (tertiary alicyclic amines) is 2. The van der Waals surface area contributed by atoms with E-state index < -0.39 is 0 Å². The summed E-state index contributed by atoms with van der Waals surface area (Å²) in [5.41, 5.74) is 4.20. The number of rotatable bonds is 6. The smallest absolute Gasteiger partial charge is 0.231 e. The van der Waals surface area contributed by atoms with Gasteiger partial charge in [0, 0.05) is 38.0 Å².